The van der Waals surface area contributed by atoms with Crippen molar-refractivity contribution in [2.24, 2.45) is 5.92 Å². The fourth-order valence-electron chi connectivity index (χ4n) is 3.12. The van der Waals surface area contributed by atoms with Gasteiger partial charge in [0.05, 0.1) is 11.4 Å². The fourth-order valence-corrected chi connectivity index (χ4v) is 3.86. The van der Waals surface area contributed by atoms with Crippen molar-refractivity contribution >= 4 is 21.4 Å². The Morgan fingerprint density at radius 2 is 1.73 bits per heavy atom. The van der Waals surface area contributed by atoms with E-state index in [0.29, 0.717) is 5.69 Å². The maximum absolute atomic E-state index is 12.3. The molecule has 7 heteroatoms. The third kappa shape index (κ3) is 4.27. The minimum absolute atomic E-state index is 0.00356. The van der Waals surface area contributed by atoms with Gasteiger partial charge in [0.1, 0.15) is 0 Å². The second-order valence-corrected chi connectivity index (χ2v) is 8.79. The molecule has 1 aliphatic rings. The van der Waals surface area contributed by atoms with Gasteiger partial charge < -0.3 is 5.32 Å². The Bertz CT molecular complexity index is 856. The average Bonchev–Trinajstić information content (AvgIpc) is 2.69. The summed E-state index contributed by atoms with van der Waals surface area (Å²) in [5, 5.41) is 10.8. The number of benzene rings is 1. The van der Waals surface area contributed by atoms with Gasteiger partial charge in [-0.2, -0.15) is 0 Å². The van der Waals surface area contributed by atoms with Gasteiger partial charge in [-0.15, -0.1) is 10.2 Å². The van der Waals surface area contributed by atoms with E-state index in [4.69, 9.17) is 0 Å². The molecule has 1 aliphatic carbocycles. The maximum Gasteiger partial charge on any atom is 0.227 e. The Morgan fingerprint density at radius 3 is 2.31 bits per heavy atom. The van der Waals surface area contributed by atoms with Crippen LogP contribution in [0.4, 0.5) is 5.69 Å². The molecule has 1 fully saturated rings. The largest absolute Gasteiger partial charge is 0.326 e. The standard InChI is InChI=1S/C19H23N3O3S/c1-2-26(24,25)18-13-12-17(21-22-18)14-8-10-16(11-9-14)20-19(23)15-6-4-3-5-7-15/h8-13,15H,2-7H2,1H3,(H,20,23). The van der Waals surface area contributed by atoms with Gasteiger partial charge >= 0.3 is 0 Å². The molecule has 0 unspecified atom stereocenters. The topological polar surface area (TPSA) is 89.0 Å². The molecule has 1 aromatic heterocycles. The quantitative estimate of drug-likeness (QED) is 0.867. The summed E-state index contributed by atoms with van der Waals surface area (Å²) in [5.74, 6) is 0.199. The van der Waals surface area contributed by atoms with Gasteiger partial charge in [-0.05, 0) is 37.1 Å². The number of hydrogen-bond donors (Lipinski definition) is 1. The number of rotatable bonds is 5. The summed E-state index contributed by atoms with van der Waals surface area (Å²) in [6, 6.07) is 10.5. The Hall–Kier alpha value is -2.28. The molecule has 0 bridgehead atoms. The highest BCUT2D eigenvalue weighted by Crippen LogP contribution is 2.26. The van der Waals surface area contributed by atoms with E-state index in [0.717, 1.165) is 36.9 Å². The van der Waals surface area contributed by atoms with Crippen LogP contribution in [-0.2, 0) is 14.6 Å². The number of carbonyl (C=O) groups is 1. The highest BCUT2D eigenvalue weighted by Gasteiger charge is 2.21. The van der Waals surface area contributed by atoms with Crippen LogP contribution in [-0.4, -0.2) is 30.3 Å². The Morgan fingerprint density at radius 1 is 1.04 bits per heavy atom. The number of hydrogen-bond acceptors (Lipinski definition) is 5. The summed E-state index contributed by atoms with van der Waals surface area (Å²) in [7, 11) is -3.35. The minimum Gasteiger partial charge on any atom is -0.326 e. The van der Waals surface area contributed by atoms with Gasteiger partial charge in [0.15, 0.2) is 14.9 Å². The average molecular weight is 373 g/mol. The third-order valence-electron chi connectivity index (χ3n) is 4.76. The first-order valence-corrected chi connectivity index (χ1v) is 10.6. The van der Waals surface area contributed by atoms with Crippen LogP contribution >= 0.6 is 0 Å². The smallest absolute Gasteiger partial charge is 0.227 e. The summed E-state index contributed by atoms with van der Waals surface area (Å²) in [6.07, 6.45) is 5.40. The maximum atomic E-state index is 12.3. The first-order valence-electron chi connectivity index (χ1n) is 8.97. The van der Waals surface area contributed by atoms with Gasteiger partial charge in [-0.25, -0.2) is 8.42 Å². The lowest BCUT2D eigenvalue weighted by Crippen LogP contribution is -2.24. The van der Waals surface area contributed by atoms with Crippen molar-refractivity contribution in [2.75, 3.05) is 11.1 Å². The van der Waals surface area contributed by atoms with Crippen LogP contribution in [0.3, 0.4) is 0 Å². The number of carbonyl (C=O) groups excluding carboxylic acids is 1. The molecular formula is C19H23N3O3S. The SMILES string of the molecule is CCS(=O)(=O)c1ccc(-c2ccc(NC(=O)C3CCCCC3)cc2)nn1. The van der Waals surface area contributed by atoms with Crippen molar-refractivity contribution in [2.45, 2.75) is 44.1 Å². The van der Waals surface area contributed by atoms with E-state index in [2.05, 4.69) is 15.5 Å². The molecule has 6 nitrogen and oxygen atoms in total. The molecule has 0 spiro atoms. The lowest BCUT2D eigenvalue weighted by atomic mass is 9.88. The molecule has 1 saturated carbocycles. The zero-order chi connectivity index (χ0) is 18.6. The van der Waals surface area contributed by atoms with E-state index in [1.165, 1.54) is 12.5 Å². The van der Waals surface area contributed by atoms with Crippen LogP contribution in [0.2, 0.25) is 0 Å². The van der Waals surface area contributed by atoms with Crippen LogP contribution < -0.4 is 5.32 Å². The van der Waals surface area contributed by atoms with E-state index in [1.54, 1.807) is 13.0 Å². The summed E-state index contributed by atoms with van der Waals surface area (Å²) >= 11 is 0. The molecule has 138 valence electrons. The highest BCUT2D eigenvalue weighted by atomic mass is 32.2. The van der Waals surface area contributed by atoms with Crippen LogP contribution in [0.5, 0.6) is 0 Å². The highest BCUT2D eigenvalue weighted by molar-refractivity contribution is 7.91. The number of nitrogens with zero attached hydrogens (tertiary/aromatic N) is 2. The van der Waals surface area contributed by atoms with Crippen molar-refractivity contribution in [1.82, 2.24) is 10.2 Å². The summed E-state index contributed by atoms with van der Waals surface area (Å²) in [5.41, 5.74) is 2.15. The van der Waals surface area contributed by atoms with E-state index < -0.39 is 9.84 Å². The van der Waals surface area contributed by atoms with Crippen molar-refractivity contribution < 1.29 is 13.2 Å². The predicted molar refractivity (Wildman–Crippen MR) is 100 cm³/mol. The molecule has 26 heavy (non-hydrogen) atoms. The van der Waals surface area contributed by atoms with Crippen molar-refractivity contribution in [1.29, 1.82) is 0 Å². The minimum atomic E-state index is -3.35. The Labute approximate surface area is 154 Å². The number of amides is 1. The number of nitrogens with one attached hydrogen (secondary N) is 1. The molecular weight excluding hydrogens is 350 g/mol. The molecule has 1 amide bonds. The Kier molecular flexibility index (Phi) is 5.66. The third-order valence-corrected chi connectivity index (χ3v) is 6.38. The van der Waals surface area contributed by atoms with Gasteiger partial charge in [0.2, 0.25) is 5.91 Å². The van der Waals surface area contributed by atoms with Crippen molar-refractivity contribution in [3.05, 3.63) is 36.4 Å². The molecule has 2 aromatic rings. The summed E-state index contributed by atoms with van der Waals surface area (Å²) in [4.78, 5) is 12.3. The van der Waals surface area contributed by atoms with Crippen molar-refractivity contribution in [3.63, 3.8) is 0 Å². The molecule has 3 rings (SSSR count). The first-order chi connectivity index (χ1) is 12.5. The molecule has 1 heterocycles. The van der Waals surface area contributed by atoms with Gasteiger partial charge in [-0.3, -0.25) is 4.79 Å². The van der Waals surface area contributed by atoms with Gasteiger partial charge in [-0.1, -0.05) is 38.3 Å². The van der Waals surface area contributed by atoms with Crippen LogP contribution in [0, 0.1) is 5.92 Å². The van der Waals surface area contributed by atoms with Gasteiger partial charge in [0, 0.05) is 17.2 Å². The zero-order valence-corrected chi connectivity index (χ0v) is 15.6. The summed E-state index contributed by atoms with van der Waals surface area (Å²) < 4.78 is 23.6. The number of sulfone groups is 1. The van der Waals surface area contributed by atoms with Crippen LogP contribution in [0.25, 0.3) is 11.3 Å². The second-order valence-electron chi connectivity index (χ2n) is 6.56. The van der Waals surface area contributed by atoms with Crippen molar-refractivity contribution in [3.8, 4) is 11.3 Å². The molecule has 0 aliphatic heterocycles. The Balaban J connectivity index is 1.68. The lowest BCUT2D eigenvalue weighted by Gasteiger charge is -2.20. The molecule has 1 N–H and O–H groups in total. The van der Waals surface area contributed by atoms with Crippen LogP contribution in [0.15, 0.2) is 41.4 Å². The first kappa shape index (κ1) is 18.5. The molecule has 0 atom stereocenters. The van der Waals surface area contributed by atoms with E-state index in [9.17, 15) is 13.2 Å². The van der Waals surface area contributed by atoms with E-state index >= 15 is 0 Å². The summed E-state index contributed by atoms with van der Waals surface area (Å²) in [6.45, 7) is 1.57. The van der Waals surface area contributed by atoms with E-state index in [-0.39, 0.29) is 22.6 Å². The number of anilines is 1. The van der Waals surface area contributed by atoms with Crippen LogP contribution in [0.1, 0.15) is 39.0 Å². The zero-order valence-electron chi connectivity index (χ0n) is 14.8. The second kappa shape index (κ2) is 7.95. The lowest BCUT2D eigenvalue weighted by molar-refractivity contribution is -0.120. The normalized spacial score (nSPS) is 15.6. The monoisotopic (exact) mass is 373 g/mol. The predicted octanol–water partition coefficient (Wildman–Crippen LogP) is 3.46. The van der Waals surface area contributed by atoms with Gasteiger partial charge in [0.25, 0.3) is 0 Å². The fraction of sp³-hybridized carbons (Fsp3) is 0.421. The molecule has 1 aromatic carbocycles. The molecule has 0 radical (unpaired) electrons. The molecule has 0 saturated heterocycles. The van der Waals surface area contributed by atoms with E-state index in [1.807, 2.05) is 24.3 Å². The number of aromatic nitrogens is 2.